The van der Waals surface area contributed by atoms with E-state index < -0.39 is 0 Å². The molecule has 35 heavy (non-hydrogen) atoms. The van der Waals surface area contributed by atoms with Gasteiger partial charge in [-0.05, 0) is 131 Å². The highest BCUT2D eigenvalue weighted by molar-refractivity contribution is 5.69. The van der Waals surface area contributed by atoms with E-state index in [1.165, 1.54) is 52.1 Å². The summed E-state index contributed by atoms with van der Waals surface area (Å²) in [6.45, 7) is 10.8. The van der Waals surface area contributed by atoms with Gasteiger partial charge in [-0.2, -0.15) is 0 Å². The Morgan fingerprint density at radius 3 is 2.51 bits per heavy atom. The maximum Gasteiger partial charge on any atom is 0.305 e. The summed E-state index contributed by atoms with van der Waals surface area (Å²) in [5.74, 6) is 4.37. The number of hydrogen-bond acceptors (Lipinski definition) is 5. The SMILES string of the molecule is COC(=O)CCC(C)C1CCC2C3C(O)CC4CC(CNCCN(C)C)CCC4(C)C3CCC12C. The van der Waals surface area contributed by atoms with Gasteiger partial charge in [0, 0.05) is 19.5 Å². The maximum atomic E-state index is 11.8. The van der Waals surface area contributed by atoms with E-state index in [1.807, 2.05) is 0 Å². The number of nitrogens with zero attached hydrogens (tertiary/aromatic N) is 1. The molecule has 0 spiro atoms. The lowest BCUT2D eigenvalue weighted by atomic mass is 9.43. The smallest absolute Gasteiger partial charge is 0.305 e. The number of carbonyl (C=O) groups is 1. The number of ether oxygens (including phenoxy) is 1. The molecular formula is C30H54N2O3. The third-order valence-corrected chi connectivity index (χ3v) is 11.8. The predicted octanol–water partition coefficient (Wildman–Crippen LogP) is 4.97. The van der Waals surface area contributed by atoms with Crippen molar-refractivity contribution in [2.24, 2.45) is 52.3 Å². The summed E-state index contributed by atoms with van der Waals surface area (Å²) in [4.78, 5) is 14.0. The van der Waals surface area contributed by atoms with Crippen LogP contribution in [0.2, 0.25) is 0 Å². The minimum absolute atomic E-state index is 0.0783. The number of aliphatic hydroxyl groups is 1. The predicted molar refractivity (Wildman–Crippen MR) is 142 cm³/mol. The van der Waals surface area contributed by atoms with Crippen molar-refractivity contribution in [1.82, 2.24) is 10.2 Å². The van der Waals surface area contributed by atoms with Crippen LogP contribution in [0.4, 0.5) is 0 Å². The standard InChI is InChI=1S/C30H54N2O3/c1-20(7-10-27(34)35-6)23-8-9-24-28-25(12-14-30(23,24)3)29(2)13-11-21(17-22(29)18-26(28)33)19-31-15-16-32(4)5/h20-26,28,31,33H,7-19H2,1-6H3. The molecule has 10 atom stereocenters. The molecule has 5 nitrogen and oxygen atoms in total. The first-order valence-corrected chi connectivity index (χ1v) is 14.7. The number of carbonyl (C=O) groups excluding carboxylic acids is 1. The summed E-state index contributed by atoms with van der Waals surface area (Å²) in [6, 6.07) is 0. The molecule has 0 aromatic carbocycles. The van der Waals surface area contributed by atoms with E-state index in [9.17, 15) is 9.90 Å². The fraction of sp³-hybridized carbons (Fsp3) is 0.967. The highest BCUT2D eigenvalue weighted by atomic mass is 16.5. The molecule has 0 bridgehead atoms. The Balaban J connectivity index is 1.40. The van der Waals surface area contributed by atoms with Gasteiger partial charge in [0.2, 0.25) is 0 Å². The molecule has 4 rings (SSSR count). The van der Waals surface area contributed by atoms with Gasteiger partial charge in [0.1, 0.15) is 0 Å². The summed E-state index contributed by atoms with van der Waals surface area (Å²) in [5, 5.41) is 15.3. The molecule has 5 heteroatoms. The van der Waals surface area contributed by atoms with E-state index in [2.05, 4.69) is 45.1 Å². The molecule has 0 aromatic rings. The number of likely N-dealkylation sites (N-methyl/N-ethyl adjacent to an activating group) is 1. The fourth-order valence-electron chi connectivity index (χ4n) is 9.73. The van der Waals surface area contributed by atoms with Crippen LogP contribution in [0.5, 0.6) is 0 Å². The van der Waals surface area contributed by atoms with Crippen LogP contribution in [0, 0.1) is 52.3 Å². The monoisotopic (exact) mass is 490 g/mol. The number of nitrogens with one attached hydrogen (secondary N) is 1. The Morgan fingerprint density at radius 1 is 1.09 bits per heavy atom. The van der Waals surface area contributed by atoms with Crippen molar-refractivity contribution >= 4 is 5.97 Å². The highest BCUT2D eigenvalue weighted by Crippen LogP contribution is 2.68. The van der Waals surface area contributed by atoms with Crippen molar-refractivity contribution in [3.63, 3.8) is 0 Å². The van der Waals surface area contributed by atoms with Crippen LogP contribution < -0.4 is 5.32 Å². The Morgan fingerprint density at radius 2 is 1.80 bits per heavy atom. The van der Waals surface area contributed by atoms with Crippen molar-refractivity contribution < 1.29 is 14.6 Å². The van der Waals surface area contributed by atoms with E-state index in [1.54, 1.807) is 0 Å². The highest BCUT2D eigenvalue weighted by Gasteiger charge is 2.62. The number of hydrogen-bond donors (Lipinski definition) is 2. The van der Waals surface area contributed by atoms with Gasteiger partial charge in [-0.1, -0.05) is 20.8 Å². The number of aliphatic hydroxyl groups excluding tert-OH is 1. The normalized spacial score (nSPS) is 43.8. The minimum atomic E-state index is -0.132. The largest absolute Gasteiger partial charge is 0.469 e. The first kappa shape index (κ1) is 27.4. The zero-order chi connectivity index (χ0) is 25.4. The number of rotatable bonds is 9. The molecule has 4 fully saturated rings. The average molecular weight is 491 g/mol. The molecule has 0 amide bonds. The summed E-state index contributed by atoms with van der Waals surface area (Å²) in [6.07, 6.45) is 11.4. The second kappa shape index (κ2) is 11.0. The maximum absolute atomic E-state index is 11.8. The average Bonchev–Trinajstić information content (AvgIpc) is 3.17. The van der Waals surface area contributed by atoms with Gasteiger partial charge in [0.15, 0.2) is 0 Å². The van der Waals surface area contributed by atoms with E-state index in [4.69, 9.17) is 4.74 Å². The van der Waals surface area contributed by atoms with Gasteiger partial charge in [-0.3, -0.25) is 4.79 Å². The first-order valence-electron chi connectivity index (χ1n) is 14.7. The lowest BCUT2D eigenvalue weighted by Gasteiger charge is -2.62. The van der Waals surface area contributed by atoms with Crippen molar-refractivity contribution in [1.29, 1.82) is 0 Å². The van der Waals surface area contributed by atoms with E-state index in [0.29, 0.717) is 52.8 Å². The van der Waals surface area contributed by atoms with Crippen molar-refractivity contribution in [3.05, 3.63) is 0 Å². The lowest BCUT2D eigenvalue weighted by molar-refractivity contribution is -0.169. The van der Waals surface area contributed by atoms with E-state index in [-0.39, 0.29) is 12.1 Å². The van der Waals surface area contributed by atoms with Gasteiger partial charge in [-0.15, -0.1) is 0 Å². The van der Waals surface area contributed by atoms with Crippen LogP contribution in [-0.4, -0.2) is 62.9 Å². The van der Waals surface area contributed by atoms with Gasteiger partial charge < -0.3 is 20.1 Å². The Kier molecular flexibility index (Phi) is 8.60. The molecule has 202 valence electrons. The molecule has 0 aliphatic heterocycles. The van der Waals surface area contributed by atoms with Crippen molar-refractivity contribution in [2.75, 3.05) is 40.8 Å². The van der Waals surface area contributed by atoms with Crippen molar-refractivity contribution in [3.8, 4) is 0 Å². The second-order valence-electron chi connectivity index (χ2n) is 13.8. The van der Waals surface area contributed by atoms with Crippen LogP contribution in [0.1, 0.15) is 85.0 Å². The van der Waals surface area contributed by atoms with Gasteiger partial charge in [-0.25, -0.2) is 0 Å². The third kappa shape index (κ3) is 5.34. The third-order valence-electron chi connectivity index (χ3n) is 11.8. The van der Waals surface area contributed by atoms with Crippen LogP contribution >= 0.6 is 0 Å². The molecule has 10 unspecified atom stereocenters. The number of fused-ring (bicyclic) bond motifs is 5. The van der Waals surface area contributed by atoms with Crippen LogP contribution in [0.25, 0.3) is 0 Å². The molecule has 0 heterocycles. The molecule has 0 radical (unpaired) electrons. The summed E-state index contributed by atoms with van der Waals surface area (Å²) < 4.78 is 4.91. The van der Waals surface area contributed by atoms with Gasteiger partial charge in [0.05, 0.1) is 13.2 Å². The van der Waals surface area contributed by atoms with Crippen LogP contribution in [0.15, 0.2) is 0 Å². The van der Waals surface area contributed by atoms with Crippen molar-refractivity contribution in [2.45, 2.75) is 91.1 Å². The molecule has 2 N–H and O–H groups in total. The Hall–Kier alpha value is -0.650. The fourth-order valence-corrected chi connectivity index (χ4v) is 9.73. The van der Waals surface area contributed by atoms with Crippen LogP contribution in [-0.2, 0) is 9.53 Å². The molecule has 0 aromatic heterocycles. The number of esters is 1. The number of methoxy groups -OCH3 is 1. The summed E-state index contributed by atoms with van der Waals surface area (Å²) in [5.41, 5.74) is 0.717. The minimum Gasteiger partial charge on any atom is -0.469 e. The molecule has 4 aliphatic carbocycles. The summed E-state index contributed by atoms with van der Waals surface area (Å²) >= 11 is 0. The zero-order valence-electron chi connectivity index (χ0n) is 23.5. The lowest BCUT2D eigenvalue weighted by Crippen LogP contribution is -2.58. The van der Waals surface area contributed by atoms with E-state index in [0.717, 1.165) is 38.4 Å². The molecular weight excluding hydrogens is 436 g/mol. The molecule has 4 aliphatic rings. The Labute approximate surface area is 215 Å². The van der Waals surface area contributed by atoms with Crippen LogP contribution in [0.3, 0.4) is 0 Å². The zero-order valence-corrected chi connectivity index (χ0v) is 23.5. The topological polar surface area (TPSA) is 61.8 Å². The Bertz CT molecular complexity index is 728. The molecule has 0 saturated heterocycles. The quantitative estimate of drug-likeness (QED) is 0.353. The van der Waals surface area contributed by atoms with Gasteiger partial charge in [0.25, 0.3) is 0 Å². The second-order valence-corrected chi connectivity index (χ2v) is 13.8. The summed E-state index contributed by atoms with van der Waals surface area (Å²) in [7, 11) is 5.77. The first-order chi connectivity index (χ1) is 16.6. The van der Waals surface area contributed by atoms with E-state index >= 15 is 0 Å². The molecule has 4 saturated carbocycles. The van der Waals surface area contributed by atoms with Gasteiger partial charge >= 0.3 is 5.97 Å².